The van der Waals surface area contributed by atoms with E-state index in [4.69, 9.17) is 21.4 Å². The predicted molar refractivity (Wildman–Crippen MR) is 137 cm³/mol. The van der Waals surface area contributed by atoms with Crippen LogP contribution in [0, 0.1) is 39.4 Å². The molecule has 5 heteroatoms. The van der Waals surface area contributed by atoms with Crippen LogP contribution in [0.2, 0.25) is 5.02 Å². The summed E-state index contributed by atoms with van der Waals surface area (Å²) in [6.07, 6.45) is 9.47. The van der Waals surface area contributed by atoms with E-state index in [1.807, 2.05) is 25.1 Å². The Morgan fingerprint density at radius 3 is 2.71 bits per heavy atom. The minimum Gasteiger partial charge on any atom is -0.466 e. The monoisotopic (exact) mass is 482 g/mol. The van der Waals surface area contributed by atoms with Crippen molar-refractivity contribution in [1.82, 2.24) is 0 Å². The third-order valence-electron chi connectivity index (χ3n) is 11.1. The van der Waals surface area contributed by atoms with Crippen LogP contribution in [0.4, 0.5) is 5.69 Å². The maximum Gasteiger partial charge on any atom is 0.312 e. The fraction of sp³-hybridized carbons (Fsp3) is 0.724. The molecule has 0 saturated heterocycles. The van der Waals surface area contributed by atoms with E-state index in [2.05, 4.69) is 31.8 Å². The summed E-state index contributed by atoms with van der Waals surface area (Å²) in [4.78, 5) is 13.2. The quantitative estimate of drug-likeness (QED) is 0.431. The van der Waals surface area contributed by atoms with Crippen LogP contribution in [0.15, 0.2) is 29.4 Å². The molecule has 4 saturated carbocycles. The summed E-state index contributed by atoms with van der Waals surface area (Å²) in [6.45, 7) is 10.6. The van der Waals surface area contributed by atoms with Crippen molar-refractivity contribution in [2.24, 2.45) is 44.5 Å². The molecule has 1 heterocycles. The lowest BCUT2D eigenvalue weighted by molar-refractivity contribution is -0.191. The number of anilines is 1. The number of hydrazone groups is 1. The number of hydrogen-bond donors (Lipinski definition) is 0. The highest BCUT2D eigenvalue weighted by molar-refractivity contribution is 6.30. The summed E-state index contributed by atoms with van der Waals surface area (Å²) in [5.74, 6) is 1.62. The number of halogens is 1. The zero-order chi connectivity index (χ0) is 23.9. The summed E-state index contributed by atoms with van der Waals surface area (Å²) in [5, 5.41) is 8.28. The van der Waals surface area contributed by atoms with Gasteiger partial charge < -0.3 is 4.74 Å². The topological polar surface area (TPSA) is 41.9 Å². The van der Waals surface area contributed by atoms with Gasteiger partial charge in [0.05, 0.1) is 24.3 Å². The van der Waals surface area contributed by atoms with Crippen molar-refractivity contribution in [3.05, 3.63) is 29.3 Å². The molecular formula is C29H39ClN2O2. The molecule has 1 aromatic rings. The molecule has 4 nitrogen and oxygen atoms in total. The largest absolute Gasteiger partial charge is 0.466 e. The number of ether oxygens (including phenoxy) is 1. The highest BCUT2D eigenvalue weighted by atomic mass is 35.5. The summed E-state index contributed by atoms with van der Waals surface area (Å²) >= 11 is 6.33. The average Bonchev–Trinajstić information content (AvgIpc) is 3.31. The number of benzene rings is 1. The molecule has 5 aliphatic rings. The molecule has 34 heavy (non-hydrogen) atoms. The number of fused-ring (bicyclic) bond motifs is 5. The van der Waals surface area contributed by atoms with Gasteiger partial charge in [-0.2, -0.15) is 5.10 Å². The lowest BCUT2D eigenvalue weighted by atomic mass is 9.39. The number of rotatable bonds is 3. The number of carbonyl (C=O) groups excluding carboxylic acids is 1. The Bertz CT molecular complexity index is 1060. The Morgan fingerprint density at radius 2 is 1.94 bits per heavy atom. The van der Waals surface area contributed by atoms with Gasteiger partial charge in [0, 0.05) is 22.1 Å². The molecule has 4 fully saturated rings. The van der Waals surface area contributed by atoms with Crippen LogP contribution in [0.5, 0.6) is 0 Å². The second-order valence-corrected chi connectivity index (χ2v) is 13.2. The van der Waals surface area contributed by atoms with Crippen LogP contribution in [0.3, 0.4) is 0 Å². The fourth-order valence-electron chi connectivity index (χ4n) is 9.92. The van der Waals surface area contributed by atoms with Crippen molar-refractivity contribution in [2.75, 3.05) is 18.2 Å². The van der Waals surface area contributed by atoms with Crippen molar-refractivity contribution in [2.45, 2.75) is 79.1 Å². The van der Waals surface area contributed by atoms with Crippen molar-refractivity contribution in [3.8, 4) is 0 Å². The van der Waals surface area contributed by atoms with Gasteiger partial charge in [-0.3, -0.25) is 9.80 Å². The molecule has 1 spiro atoms. The Morgan fingerprint density at radius 1 is 1.15 bits per heavy atom. The van der Waals surface area contributed by atoms with Crippen LogP contribution in [0.1, 0.15) is 79.1 Å². The van der Waals surface area contributed by atoms with Gasteiger partial charge in [-0.25, -0.2) is 0 Å². The molecular weight excluding hydrogens is 444 g/mol. The van der Waals surface area contributed by atoms with E-state index in [1.54, 1.807) is 0 Å². The van der Waals surface area contributed by atoms with E-state index in [9.17, 15) is 4.79 Å². The molecule has 0 radical (unpaired) electrons. The predicted octanol–water partition coefficient (Wildman–Crippen LogP) is 7.11. The fourth-order valence-corrected chi connectivity index (χ4v) is 10.1. The maximum atomic E-state index is 13.2. The van der Waals surface area contributed by atoms with E-state index < -0.39 is 0 Å². The number of carbonyl (C=O) groups is 1. The normalized spacial score (nSPS) is 44.7. The highest BCUT2D eigenvalue weighted by Crippen LogP contribution is 2.75. The lowest BCUT2D eigenvalue weighted by Gasteiger charge is -2.64. The summed E-state index contributed by atoms with van der Waals surface area (Å²) in [6, 6.07) is 8.14. The highest BCUT2D eigenvalue weighted by Gasteiger charge is 2.71. The maximum absolute atomic E-state index is 13.2. The Balaban J connectivity index is 1.37. The van der Waals surface area contributed by atoms with E-state index in [-0.39, 0.29) is 22.2 Å². The van der Waals surface area contributed by atoms with E-state index in [1.165, 1.54) is 37.8 Å². The van der Waals surface area contributed by atoms with Gasteiger partial charge in [-0.15, -0.1) is 0 Å². The molecule has 0 aromatic heterocycles. The number of esters is 1. The summed E-state index contributed by atoms with van der Waals surface area (Å²) in [5.41, 5.74) is 2.91. The molecule has 0 unspecified atom stereocenters. The summed E-state index contributed by atoms with van der Waals surface area (Å²) < 4.78 is 5.66. The molecule has 0 amide bonds. The average molecular weight is 483 g/mol. The van der Waals surface area contributed by atoms with Gasteiger partial charge in [0.2, 0.25) is 0 Å². The van der Waals surface area contributed by atoms with Crippen LogP contribution < -0.4 is 5.01 Å². The molecule has 2 bridgehead atoms. The van der Waals surface area contributed by atoms with E-state index in [0.717, 1.165) is 36.5 Å². The molecule has 4 aliphatic carbocycles. The lowest BCUT2D eigenvalue weighted by Crippen LogP contribution is -2.60. The second kappa shape index (κ2) is 7.48. The zero-order valence-corrected chi connectivity index (χ0v) is 22.0. The summed E-state index contributed by atoms with van der Waals surface area (Å²) in [7, 11) is 0. The van der Waals surface area contributed by atoms with Crippen molar-refractivity contribution < 1.29 is 9.53 Å². The first-order valence-corrected chi connectivity index (χ1v) is 13.8. The van der Waals surface area contributed by atoms with E-state index in [0.29, 0.717) is 29.8 Å². The van der Waals surface area contributed by atoms with Crippen LogP contribution in [-0.4, -0.2) is 24.8 Å². The second-order valence-electron chi connectivity index (χ2n) is 12.8. The minimum absolute atomic E-state index is 0.0456. The van der Waals surface area contributed by atoms with Gasteiger partial charge in [0.25, 0.3) is 0 Å². The van der Waals surface area contributed by atoms with Gasteiger partial charge in [0.1, 0.15) is 0 Å². The molecule has 0 N–H and O–H groups in total. The van der Waals surface area contributed by atoms with Crippen molar-refractivity contribution in [3.63, 3.8) is 0 Å². The first kappa shape index (κ1) is 22.9. The van der Waals surface area contributed by atoms with Gasteiger partial charge in [-0.05, 0) is 99.7 Å². The molecule has 7 atom stereocenters. The van der Waals surface area contributed by atoms with Gasteiger partial charge in [-0.1, -0.05) is 37.9 Å². The zero-order valence-electron chi connectivity index (χ0n) is 21.2. The molecule has 6 rings (SSSR count). The Kier molecular flexibility index (Phi) is 5.03. The van der Waals surface area contributed by atoms with Crippen LogP contribution in [-0.2, 0) is 9.53 Å². The molecule has 184 valence electrons. The first-order chi connectivity index (χ1) is 16.2. The van der Waals surface area contributed by atoms with Crippen molar-refractivity contribution >= 4 is 29.0 Å². The van der Waals surface area contributed by atoms with Crippen LogP contribution in [0.25, 0.3) is 0 Å². The smallest absolute Gasteiger partial charge is 0.312 e. The van der Waals surface area contributed by atoms with Gasteiger partial charge >= 0.3 is 5.97 Å². The van der Waals surface area contributed by atoms with Crippen LogP contribution >= 0.6 is 11.6 Å². The number of nitrogens with zero attached hydrogens (tertiary/aromatic N) is 2. The van der Waals surface area contributed by atoms with E-state index >= 15 is 0 Å². The first-order valence-electron chi connectivity index (χ1n) is 13.5. The van der Waals surface area contributed by atoms with Gasteiger partial charge in [0.15, 0.2) is 0 Å². The third kappa shape index (κ3) is 2.90. The minimum atomic E-state index is -0.344. The molecule has 1 aromatic carbocycles. The third-order valence-corrected chi connectivity index (χ3v) is 11.4. The molecule has 1 aliphatic heterocycles. The number of hydrogen-bond acceptors (Lipinski definition) is 4. The van der Waals surface area contributed by atoms with Crippen molar-refractivity contribution in [1.29, 1.82) is 0 Å². The SMILES string of the molecule is CCOC(=O)[C@]1(C)CCC[C@@]2(C)[C@@H]3CC[C@@]4(C)C[C@]3(CC[C@@H]21)[C@@H]1CN(c2cccc(Cl)c2)N=C14. The Hall–Kier alpha value is -1.55. The Labute approximate surface area is 209 Å². The standard InChI is InChI=1S/C29H39ClN2O2/c1-5-34-25(33)28(4)13-7-12-27(3)22(28)11-15-29-18-26(2,14-10-23(27)29)24-21(29)17-32(31-24)20-9-6-8-19(30)16-20/h6,8-9,16,21-23H,5,7,10-15,17-18H2,1-4H3/t21-,22+,23+,26+,27-,28-,29-/m1/s1.